The van der Waals surface area contributed by atoms with E-state index < -0.39 is 4.92 Å². The molecule has 1 fully saturated rings. The van der Waals surface area contributed by atoms with Gasteiger partial charge in [-0.15, -0.1) is 0 Å². The molecule has 0 radical (unpaired) electrons. The summed E-state index contributed by atoms with van der Waals surface area (Å²) in [7, 11) is 1.71. The average molecular weight is 291 g/mol. The molecule has 1 aliphatic heterocycles. The Labute approximate surface area is 121 Å². The number of hydrogen-bond acceptors (Lipinski definition) is 6. The molecule has 112 valence electrons. The van der Waals surface area contributed by atoms with E-state index >= 15 is 0 Å². The zero-order chi connectivity index (χ0) is 15.0. The maximum atomic E-state index is 11.0. The highest BCUT2D eigenvalue weighted by molar-refractivity contribution is 5.49. The molecule has 0 aliphatic carbocycles. The van der Waals surface area contributed by atoms with Crippen molar-refractivity contribution in [2.45, 2.75) is 19.4 Å². The van der Waals surface area contributed by atoms with E-state index in [1.54, 1.807) is 13.2 Å². The minimum Gasteiger partial charge on any atom is -0.379 e. The van der Waals surface area contributed by atoms with E-state index in [4.69, 9.17) is 4.74 Å². The van der Waals surface area contributed by atoms with Crippen LogP contribution in [0.5, 0.6) is 0 Å². The molecule has 1 aliphatic rings. The number of hydrogen-bond donors (Lipinski definition) is 0. The third-order valence-corrected chi connectivity index (χ3v) is 4.03. The van der Waals surface area contributed by atoms with Gasteiger partial charge in [0.15, 0.2) is 5.82 Å². The standard InChI is InChI=1S/C13H17N5O3/c1-9-5-6-16(8-10(9)21-2)12-4-3-11-14-7-13(18(19)20)17(11)15-12/h3-4,7,9-10H,5-6,8H2,1-2H3. The van der Waals surface area contributed by atoms with Gasteiger partial charge >= 0.3 is 5.82 Å². The molecule has 2 unspecified atom stereocenters. The summed E-state index contributed by atoms with van der Waals surface area (Å²) in [6.45, 7) is 3.77. The van der Waals surface area contributed by atoms with Crippen molar-refractivity contribution in [3.8, 4) is 0 Å². The maximum absolute atomic E-state index is 11.0. The lowest BCUT2D eigenvalue weighted by molar-refractivity contribution is -0.391. The van der Waals surface area contributed by atoms with Gasteiger partial charge in [-0.1, -0.05) is 16.5 Å². The van der Waals surface area contributed by atoms with Crippen molar-refractivity contribution < 1.29 is 9.66 Å². The summed E-state index contributed by atoms with van der Waals surface area (Å²) in [6, 6.07) is 3.59. The Hall–Kier alpha value is -2.22. The number of nitrogens with zero attached hydrogens (tertiary/aromatic N) is 5. The Balaban J connectivity index is 1.93. The number of aromatic nitrogens is 3. The highest BCUT2D eigenvalue weighted by Gasteiger charge is 2.28. The van der Waals surface area contributed by atoms with Crippen LogP contribution in [-0.4, -0.2) is 45.8 Å². The summed E-state index contributed by atoms with van der Waals surface area (Å²) in [5.74, 6) is 1.08. The Bertz CT molecular complexity index is 671. The predicted octanol–water partition coefficient (Wildman–Crippen LogP) is 1.50. The highest BCUT2D eigenvalue weighted by Crippen LogP contribution is 2.24. The number of piperidine rings is 1. The van der Waals surface area contributed by atoms with E-state index in [1.165, 1.54) is 10.7 Å². The van der Waals surface area contributed by atoms with Crippen molar-refractivity contribution >= 4 is 17.3 Å². The molecule has 2 atom stereocenters. The molecule has 0 spiro atoms. The lowest BCUT2D eigenvalue weighted by Crippen LogP contribution is -2.44. The van der Waals surface area contributed by atoms with Crippen molar-refractivity contribution in [3.05, 3.63) is 28.4 Å². The summed E-state index contributed by atoms with van der Waals surface area (Å²) in [6.07, 6.45) is 2.38. The van der Waals surface area contributed by atoms with E-state index in [-0.39, 0.29) is 11.9 Å². The van der Waals surface area contributed by atoms with Crippen LogP contribution in [0.4, 0.5) is 11.6 Å². The molecule has 2 aromatic heterocycles. The van der Waals surface area contributed by atoms with E-state index in [0.717, 1.165) is 19.5 Å². The Morgan fingerprint density at radius 2 is 2.29 bits per heavy atom. The first-order chi connectivity index (χ1) is 10.1. The molecule has 8 nitrogen and oxygen atoms in total. The van der Waals surface area contributed by atoms with Gasteiger partial charge in [0.05, 0.1) is 6.10 Å². The molecule has 0 amide bonds. The first-order valence-corrected chi connectivity index (χ1v) is 6.87. The molecule has 0 bridgehead atoms. The fourth-order valence-corrected chi connectivity index (χ4v) is 2.69. The third kappa shape index (κ3) is 2.42. The van der Waals surface area contributed by atoms with Crippen LogP contribution in [0.3, 0.4) is 0 Å². The van der Waals surface area contributed by atoms with Crippen LogP contribution in [0.2, 0.25) is 0 Å². The zero-order valence-corrected chi connectivity index (χ0v) is 12.0. The molecule has 3 heterocycles. The quantitative estimate of drug-likeness (QED) is 0.629. The van der Waals surface area contributed by atoms with Crippen LogP contribution in [0.1, 0.15) is 13.3 Å². The summed E-state index contributed by atoms with van der Waals surface area (Å²) in [5, 5.41) is 15.3. The molecular formula is C13H17N5O3. The van der Waals surface area contributed by atoms with Gasteiger partial charge in [0.25, 0.3) is 0 Å². The predicted molar refractivity (Wildman–Crippen MR) is 76.4 cm³/mol. The van der Waals surface area contributed by atoms with Gasteiger partial charge in [0.2, 0.25) is 5.65 Å². The molecule has 0 N–H and O–H groups in total. The number of methoxy groups -OCH3 is 1. The molecule has 1 saturated heterocycles. The SMILES string of the molecule is COC1CN(c2ccc3ncc([N+](=O)[O-])n3n2)CCC1C. The van der Waals surface area contributed by atoms with Gasteiger partial charge in [-0.05, 0) is 23.3 Å². The molecule has 2 aromatic rings. The number of anilines is 1. The number of nitro groups is 1. The molecule has 0 aromatic carbocycles. The summed E-state index contributed by atoms with van der Waals surface area (Å²) in [5.41, 5.74) is 0.471. The maximum Gasteiger partial charge on any atom is 0.368 e. The van der Waals surface area contributed by atoms with Gasteiger partial charge in [0.1, 0.15) is 6.20 Å². The minimum absolute atomic E-state index is 0.125. The number of imidazole rings is 1. The van der Waals surface area contributed by atoms with E-state index in [9.17, 15) is 10.1 Å². The zero-order valence-electron chi connectivity index (χ0n) is 12.0. The summed E-state index contributed by atoms with van der Waals surface area (Å²) < 4.78 is 6.77. The third-order valence-electron chi connectivity index (χ3n) is 4.03. The van der Waals surface area contributed by atoms with E-state index in [1.807, 2.05) is 6.07 Å². The Kier molecular flexibility index (Phi) is 3.46. The average Bonchev–Trinajstić information content (AvgIpc) is 2.90. The van der Waals surface area contributed by atoms with Crippen LogP contribution in [0, 0.1) is 16.0 Å². The second-order valence-electron chi connectivity index (χ2n) is 5.32. The fourth-order valence-electron chi connectivity index (χ4n) is 2.69. The lowest BCUT2D eigenvalue weighted by Gasteiger charge is -2.36. The van der Waals surface area contributed by atoms with Crippen molar-refractivity contribution in [3.63, 3.8) is 0 Å². The van der Waals surface area contributed by atoms with Crippen molar-refractivity contribution in [1.82, 2.24) is 14.6 Å². The van der Waals surface area contributed by atoms with Crippen molar-refractivity contribution in [2.24, 2.45) is 5.92 Å². The minimum atomic E-state index is -0.479. The van der Waals surface area contributed by atoms with Gasteiger partial charge in [-0.25, -0.2) is 4.98 Å². The molecule has 0 saturated carbocycles. The smallest absolute Gasteiger partial charge is 0.368 e. The number of rotatable bonds is 3. The Morgan fingerprint density at radius 3 is 3.00 bits per heavy atom. The van der Waals surface area contributed by atoms with Crippen LogP contribution < -0.4 is 4.90 Å². The van der Waals surface area contributed by atoms with Crippen LogP contribution in [-0.2, 0) is 4.74 Å². The monoisotopic (exact) mass is 291 g/mol. The first-order valence-electron chi connectivity index (χ1n) is 6.87. The summed E-state index contributed by atoms with van der Waals surface area (Å²) in [4.78, 5) is 16.6. The van der Waals surface area contributed by atoms with Gasteiger partial charge < -0.3 is 19.8 Å². The topological polar surface area (TPSA) is 85.8 Å². The van der Waals surface area contributed by atoms with Crippen molar-refractivity contribution in [2.75, 3.05) is 25.1 Å². The number of ether oxygens (including phenoxy) is 1. The normalized spacial score (nSPS) is 22.7. The molecular weight excluding hydrogens is 274 g/mol. The second kappa shape index (κ2) is 5.28. The van der Waals surface area contributed by atoms with Gasteiger partial charge in [0, 0.05) is 26.3 Å². The van der Waals surface area contributed by atoms with Crippen LogP contribution >= 0.6 is 0 Å². The Morgan fingerprint density at radius 1 is 1.48 bits per heavy atom. The highest BCUT2D eigenvalue weighted by atomic mass is 16.6. The first kappa shape index (κ1) is 13.7. The van der Waals surface area contributed by atoms with E-state index in [2.05, 4.69) is 21.9 Å². The van der Waals surface area contributed by atoms with E-state index in [0.29, 0.717) is 17.4 Å². The van der Waals surface area contributed by atoms with Crippen LogP contribution in [0.15, 0.2) is 18.3 Å². The van der Waals surface area contributed by atoms with Crippen LogP contribution in [0.25, 0.3) is 5.65 Å². The number of fused-ring (bicyclic) bond motifs is 1. The van der Waals surface area contributed by atoms with Gasteiger partial charge in [-0.2, -0.15) is 0 Å². The summed E-state index contributed by atoms with van der Waals surface area (Å²) >= 11 is 0. The largest absolute Gasteiger partial charge is 0.379 e. The second-order valence-corrected chi connectivity index (χ2v) is 5.32. The lowest BCUT2D eigenvalue weighted by atomic mass is 9.96. The molecule has 21 heavy (non-hydrogen) atoms. The molecule has 8 heteroatoms. The molecule has 3 rings (SSSR count). The van der Waals surface area contributed by atoms with Crippen molar-refractivity contribution in [1.29, 1.82) is 0 Å². The fraction of sp³-hybridized carbons (Fsp3) is 0.538. The van der Waals surface area contributed by atoms with Gasteiger partial charge in [-0.3, -0.25) is 0 Å².